The maximum atomic E-state index is 15.8. The molecule has 24 nitrogen and oxygen atoms in total. The monoisotopic (exact) mass is 1510 g/mol. The quantitative estimate of drug-likeness (QED) is 0.177. The van der Waals surface area contributed by atoms with Crippen molar-refractivity contribution in [2.24, 2.45) is 23.7 Å². The first-order valence-electron chi connectivity index (χ1n) is 37.2. The van der Waals surface area contributed by atoms with Crippen LogP contribution in [0.4, 0.5) is 13.2 Å². The highest BCUT2D eigenvalue weighted by molar-refractivity contribution is 6.31. The van der Waals surface area contributed by atoms with E-state index < -0.39 is 172 Å². The second kappa shape index (κ2) is 36.8. The van der Waals surface area contributed by atoms with Crippen LogP contribution in [-0.2, 0) is 76.6 Å². The van der Waals surface area contributed by atoms with E-state index in [9.17, 15) is 46.7 Å². The number of alkyl halides is 3. The standard InChI is InChI=1S/C76H111Cl2F3N12O12/c1-15-46(4)63-72(103)87(9)47(5)67(98)93-38-35-56(93)71(102)90(12)59(41-48-25-17-16-18-26-48)70(101)86(8)44-61(94)82-55(34-32-49-31-33-52(54(78)40-49)76(79,80)81)68(99)89(11)58(42-51-29-21-22-30-53(51)77)66(97)84-75(36-23-24-37-75)74(105)92(14)64(50-27-19-20-28-50)73(104)91(13)60(69(100)85(6)7)43-62(95)88(10)57(39-45(2)3)65(96)83-63/h21-22,29-31,33,40,45-48,50,55-60,63-64H,15-20,23-28,32,34-39,41-44H2,1-14H3,(H,82,94)(H,83,96)(H,84,97)/t46-,47-,55-,56?,57-,58-,59-,60-,63-,64-/m0/s1. The molecular formula is C76H111Cl2F3N12O12. The van der Waals surface area contributed by atoms with E-state index in [0.717, 1.165) is 54.0 Å². The number of nitrogens with one attached hydrogen (secondary N) is 3. The van der Waals surface area contributed by atoms with Crippen LogP contribution in [0.5, 0.6) is 0 Å². The van der Waals surface area contributed by atoms with Gasteiger partial charge in [-0.15, -0.1) is 0 Å². The Morgan fingerprint density at radius 3 is 1.85 bits per heavy atom. The molecule has 3 N–H and O–H groups in total. The molecule has 2 saturated heterocycles. The molecule has 3 saturated carbocycles. The molecule has 582 valence electrons. The molecule has 2 aromatic carbocycles. The van der Waals surface area contributed by atoms with Crippen LogP contribution in [0, 0.1) is 23.7 Å². The normalized spacial score (nSPS) is 26.5. The number of likely N-dealkylation sites (N-methyl/N-ethyl adjacent to an activating group) is 8. The van der Waals surface area contributed by atoms with Crippen LogP contribution in [0.2, 0.25) is 10.0 Å². The number of amides is 12. The van der Waals surface area contributed by atoms with E-state index in [4.69, 9.17) is 23.2 Å². The van der Waals surface area contributed by atoms with Crippen molar-refractivity contribution in [3.05, 3.63) is 69.2 Å². The summed E-state index contributed by atoms with van der Waals surface area (Å²) in [6.07, 6.45) is 2.65. The van der Waals surface area contributed by atoms with Crippen LogP contribution in [0.15, 0.2) is 42.5 Å². The van der Waals surface area contributed by atoms with E-state index in [2.05, 4.69) is 16.0 Å². The highest BCUT2D eigenvalue weighted by Gasteiger charge is 2.52. The minimum atomic E-state index is -4.79. The van der Waals surface area contributed by atoms with Gasteiger partial charge in [-0.25, -0.2) is 0 Å². The Morgan fingerprint density at radius 1 is 0.657 bits per heavy atom. The number of carbonyl (C=O) groups is 12. The number of aryl methyl sites for hydroxylation is 1. The van der Waals surface area contributed by atoms with E-state index >= 15 is 24.0 Å². The Morgan fingerprint density at radius 2 is 1.28 bits per heavy atom. The Kier molecular flexibility index (Phi) is 29.7. The summed E-state index contributed by atoms with van der Waals surface area (Å²) in [5, 5.41) is 8.37. The Balaban J connectivity index is 1.34. The number of benzene rings is 2. The summed E-state index contributed by atoms with van der Waals surface area (Å²) in [6.45, 7) is 8.28. The van der Waals surface area contributed by atoms with E-state index in [-0.39, 0.29) is 80.3 Å². The first-order valence-corrected chi connectivity index (χ1v) is 38.0. The molecule has 2 aromatic rings. The smallest absolute Gasteiger partial charge is 0.347 e. The number of halogens is 5. The van der Waals surface area contributed by atoms with Gasteiger partial charge in [0.2, 0.25) is 70.9 Å². The van der Waals surface area contributed by atoms with Gasteiger partial charge in [0.05, 0.1) is 23.6 Å². The lowest BCUT2D eigenvalue weighted by atomic mass is 9.84. The van der Waals surface area contributed by atoms with Gasteiger partial charge in [-0.3, -0.25) is 57.5 Å². The third-order valence-electron chi connectivity index (χ3n) is 22.8. The fourth-order valence-corrected chi connectivity index (χ4v) is 16.2. The van der Waals surface area contributed by atoms with Gasteiger partial charge >= 0.3 is 6.18 Å². The van der Waals surface area contributed by atoms with Crippen LogP contribution >= 0.6 is 23.2 Å². The van der Waals surface area contributed by atoms with Gasteiger partial charge in [0.1, 0.15) is 59.9 Å². The van der Waals surface area contributed by atoms with Crippen LogP contribution in [0.3, 0.4) is 0 Å². The van der Waals surface area contributed by atoms with E-state index in [1.54, 1.807) is 31.2 Å². The van der Waals surface area contributed by atoms with Gasteiger partial charge in [0.25, 0.3) is 0 Å². The summed E-state index contributed by atoms with van der Waals surface area (Å²) in [7, 11) is 12.8. The molecule has 1 unspecified atom stereocenters. The third-order valence-corrected chi connectivity index (χ3v) is 23.5. The molecular weight excluding hydrogens is 1400 g/mol. The van der Waals surface area contributed by atoms with Gasteiger partial charge in [0, 0.05) is 81.4 Å². The molecule has 3 aliphatic carbocycles. The first kappa shape index (κ1) is 84.7. The van der Waals surface area contributed by atoms with E-state index in [0.29, 0.717) is 50.5 Å². The van der Waals surface area contributed by atoms with Crippen LogP contribution < -0.4 is 16.0 Å². The van der Waals surface area contributed by atoms with Gasteiger partial charge in [-0.1, -0.05) is 139 Å². The van der Waals surface area contributed by atoms with Crippen molar-refractivity contribution in [3.8, 4) is 0 Å². The number of hydrogen-bond donors (Lipinski definition) is 3. The molecule has 0 aromatic heterocycles. The fraction of sp³-hybridized carbons (Fsp3) is 0.684. The molecule has 0 bridgehead atoms. The summed E-state index contributed by atoms with van der Waals surface area (Å²) in [4.78, 5) is 193. The van der Waals surface area contributed by atoms with Crippen molar-refractivity contribution in [2.75, 3.05) is 76.5 Å². The second-order valence-electron chi connectivity index (χ2n) is 30.7. The molecule has 5 fully saturated rings. The maximum Gasteiger partial charge on any atom is 0.417 e. The number of nitrogens with zero attached hydrogens (tertiary/aromatic N) is 9. The zero-order chi connectivity index (χ0) is 77.9. The molecule has 5 aliphatic rings. The van der Waals surface area contributed by atoms with Gasteiger partial charge in [0.15, 0.2) is 0 Å². The molecule has 0 radical (unpaired) electrons. The maximum absolute atomic E-state index is 15.8. The summed E-state index contributed by atoms with van der Waals surface area (Å²) < 4.78 is 42.0. The van der Waals surface area contributed by atoms with Crippen LogP contribution in [-0.4, -0.2) is 251 Å². The predicted octanol–water partition coefficient (Wildman–Crippen LogP) is 7.37. The molecule has 2 aliphatic heterocycles. The van der Waals surface area contributed by atoms with Gasteiger partial charge in [-0.05, 0) is 118 Å². The molecule has 7 rings (SSSR count). The average molecular weight is 1510 g/mol. The minimum Gasteiger partial charge on any atom is -0.347 e. The molecule has 10 atom stereocenters. The summed E-state index contributed by atoms with van der Waals surface area (Å²) in [5.41, 5.74) is -2.12. The van der Waals surface area contributed by atoms with Crippen LogP contribution in [0.1, 0.15) is 173 Å². The number of hydrogen-bond acceptors (Lipinski definition) is 12. The Hall–Kier alpha value is -7.55. The zero-order valence-electron chi connectivity index (χ0n) is 63.6. The number of fused-ring (bicyclic) bond motifs is 1. The summed E-state index contributed by atoms with van der Waals surface area (Å²) in [5.74, 6) is -9.41. The Bertz CT molecular complexity index is 3490. The van der Waals surface area contributed by atoms with Gasteiger partial charge < -0.3 is 60.0 Å². The summed E-state index contributed by atoms with van der Waals surface area (Å²) >= 11 is 13.0. The van der Waals surface area contributed by atoms with Crippen LogP contribution in [0.25, 0.3) is 0 Å². The molecule has 105 heavy (non-hydrogen) atoms. The fourth-order valence-electron chi connectivity index (χ4n) is 15.7. The van der Waals surface area contributed by atoms with E-state index in [1.165, 1.54) is 111 Å². The highest BCUT2D eigenvalue weighted by atomic mass is 35.5. The third kappa shape index (κ3) is 20.4. The lowest BCUT2D eigenvalue weighted by Crippen LogP contribution is -2.65. The topological polar surface area (TPSA) is 270 Å². The lowest BCUT2D eigenvalue weighted by Gasteiger charge is -2.45. The van der Waals surface area contributed by atoms with E-state index in [1.807, 2.05) is 20.8 Å². The van der Waals surface area contributed by atoms with Crippen molar-refractivity contribution in [3.63, 3.8) is 0 Å². The molecule has 12 amide bonds. The number of rotatable bonds is 13. The average Bonchev–Trinajstić information content (AvgIpc) is 1.77. The zero-order valence-corrected chi connectivity index (χ0v) is 65.1. The predicted molar refractivity (Wildman–Crippen MR) is 391 cm³/mol. The number of carbonyl (C=O) groups excluding carboxylic acids is 12. The van der Waals surface area contributed by atoms with Crippen molar-refractivity contribution in [1.29, 1.82) is 0 Å². The summed E-state index contributed by atoms with van der Waals surface area (Å²) in [6, 6.07) is -1.89. The van der Waals surface area contributed by atoms with Gasteiger partial charge in [-0.2, -0.15) is 13.2 Å². The second-order valence-corrected chi connectivity index (χ2v) is 31.5. The lowest BCUT2D eigenvalue weighted by molar-refractivity contribution is -0.160. The first-order chi connectivity index (χ1) is 49.3. The highest BCUT2D eigenvalue weighted by Crippen LogP contribution is 2.39. The largest absolute Gasteiger partial charge is 0.417 e. The van der Waals surface area contributed by atoms with Crippen molar-refractivity contribution in [1.82, 2.24) is 60.0 Å². The molecule has 1 spiro atoms. The molecule has 29 heteroatoms. The van der Waals surface area contributed by atoms with Crippen molar-refractivity contribution < 1.29 is 70.7 Å². The van der Waals surface area contributed by atoms with Crippen molar-refractivity contribution in [2.45, 2.75) is 236 Å². The minimum absolute atomic E-state index is 0.00351. The Labute approximate surface area is 626 Å². The van der Waals surface area contributed by atoms with Crippen molar-refractivity contribution >= 4 is 94.1 Å². The molecule has 2 heterocycles. The SMILES string of the molecule is CC[C@H](C)[C@@H]1NC(=O)[C@H](CC(C)C)N(C)C(=O)C[C@@H](C(=O)N(C)C)N(C)C(=O)[C@H](C2CCCC2)N(C)C(=O)C2(CCCC2)NC(=O)[C@H](Cc2ccccc2Cl)N(C)C(=O)[C@H](CCc2ccc(C(F)(F)F)c(Cl)c2)NC(=O)CN(C)C(=O)[C@H](CC2CCCCC2)N(C)C(=O)C2CCN2C(=O)[C@H](C)N(C)C1=O.